The second kappa shape index (κ2) is 7.49. The first-order valence-electron chi connectivity index (χ1n) is 8.48. The smallest absolute Gasteiger partial charge is 0.316 e. The average molecular weight is 384 g/mol. The highest BCUT2D eigenvalue weighted by Gasteiger charge is 2.23. The van der Waals surface area contributed by atoms with Gasteiger partial charge in [0.05, 0.1) is 16.1 Å². The van der Waals surface area contributed by atoms with E-state index in [1.54, 1.807) is 51.2 Å². The van der Waals surface area contributed by atoms with Crippen molar-refractivity contribution in [2.75, 3.05) is 0 Å². The Bertz CT molecular complexity index is 961. The molecule has 0 atom stereocenters. The van der Waals surface area contributed by atoms with Crippen LogP contribution in [0.15, 0.2) is 60.8 Å². The highest BCUT2D eigenvalue weighted by molar-refractivity contribution is 6.33. The van der Waals surface area contributed by atoms with Gasteiger partial charge >= 0.3 is 5.97 Å². The van der Waals surface area contributed by atoms with E-state index >= 15 is 0 Å². The van der Waals surface area contributed by atoms with E-state index < -0.39 is 5.41 Å². The summed E-state index contributed by atoms with van der Waals surface area (Å²) >= 11 is 6.27. The first-order chi connectivity index (χ1) is 12.7. The highest BCUT2D eigenvalue weighted by atomic mass is 35.5. The van der Waals surface area contributed by atoms with Crippen LogP contribution in [0.25, 0.3) is 22.4 Å². The molecule has 5 heteroatoms. The van der Waals surface area contributed by atoms with Crippen LogP contribution < -0.4 is 4.74 Å². The lowest BCUT2D eigenvalue weighted by Gasteiger charge is -2.16. The molecule has 0 N–H and O–H groups in total. The Hall–Kier alpha value is -2.72. The van der Waals surface area contributed by atoms with Crippen LogP contribution in [0.1, 0.15) is 20.8 Å². The number of halogens is 2. The van der Waals surface area contributed by atoms with Crippen molar-refractivity contribution < 1.29 is 13.9 Å². The molecule has 0 saturated heterocycles. The van der Waals surface area contributed by atoms with Gasteiger partial charge in [-0.25, -0.2) is 4.39 Å². The van der Waals surface area contributed by atoms with Crippen LogP contribution in [-0.4, -0.2) is 11.0 Å². The second-order valence-corrected chi connectivity index (χ2v) is 7.63. The molecule has 2 aromatic carbocycles. The Labute approximate surface area is 162 Å². The lowest BCUT2D eigenvalue weighted by Crippen LogP contribution is -2.25. The van der Waals surface area contributed by atoms with Crippen molar-refractivity contribution in [1.29, 1.82) is 0 Å². The topological polar surface area (TPSA) is 39.2 Å². The van der Waals surface area contributed by atoms with Gasteiger partial charge in [-0.3, -0.25) is 9.78 Å². The van der Waals surface area contributed by atoms with E-state index in [1.165, 1.54) is 12.1 Å². The third-order valence-electron chi connectivity index (χ3n) is 3.98. The van der Waals surface area contributed by atoms with E-state index in [9.17, 15) is 9.18 Å². The molecule has 0 saturated carbocycles. The fourth-order valence-electron chi connectivity index (χ4n) is 2.40. The van der Waals surface area contributed by atoms with Crippen LogP contribution in [0.3, 0.4) is 0 Å². The molecule has 3 aromatic rings. The number of hydrogen-bond donors (Lipinski definition) is 0. The zero-order chi connectivity index (χ0) is 19.6. The van der Waals surface area contributed by atoms with Crippen molar-refractivity contribution in [1.82, 2.24) is 4.98 Å². The number of carbonyl (C=O) groups excluding carboxylic acids is 1. The van der Waals surface area contributed by atoms with E-state index in [-0.39, 0.29) is 11.8 Å². The van der Waals surface area contributed by atoms with Gasteiger partial charge in [-0.2, -0.15) is 0 Å². The van der Waals surface area contributed by atoms with Crippen LogP contribution in [0, 0.1) is 11.2 Å². The summed E-state index contributed by atoms with van der Waals surface area (Å²) in [5, 5.41) is 0.487. The third kappa shape index (κ3) is 4.52. The minimum atomic E-state index is -0.569. The quantitative estimate of drug-likeness (QED) is 0.401. The van der Waals surface area contributed by atoms with Crippen molar-refractivity contribution in [3.05, 3.63) is 71.6 Å². The molecule has 1 heterocycles. The number of carbonyl (C=O) groups is 1. The Morgan fingerprint density at radius 3 is 2.19 bits per heavy atom. The van der Waals surface area contributed by atoms with Gasteiger partial charge in [0, 0.05) is 17.3 Å². The van der Waals surface area contributed by atoms with Gasteiger partial charge in [0.25, 0.3) is 0 Å². The van der Waals surface area contributed by atoms with E-state index in [0.29, 0.717) is 16.5 Å². The largest absolute Gasteiger partial charge is 0.426 e. The molecule has 0 bridgehead atoms. The second-order valence-electron chi connectivity index (χ2n) is 7.22. The molecule has 0 aliphatic carbocycles. The summed E-state index contributed by atoms with van der Waals surface area (Å²) in [6.45, 7) is 5.41. The van der Waals surface area contributed by atoms with Crippen LogP contribution >= 0.6 is 11.6 Å². The van der Waals surface area contributed by atoms with Crippen molar-refractivity contribution in [2.24, 2.45) is 5.41 Å². The first kappa shape index (κ1) is 19.1. The fraction of sp³-hybridized carbons (Fsp3) is 0.182. The van der Waals surface area contributed by atoms with Gasteiger partial charge in [0.15, 0.2) is 0 Å². The van der Waals surface area contributed by atoms with Crippen LogP contribution in [-0.2, 0) is 4.79 Å². The number of nitrogens with zero attached hydrogens (tertiary/aromatic N) is 1. The maximum absolute atomic E-state index is 13.2. The summed E-state index contributed by atoms with van der Waals surface area (Å²) in [7, 11) is 0. The average Bonchev–Trinajstić information content (AvgIpc) is 2.63. The van der Waals surface area contributed by atoms with Gasteiger partial charge in [-0.15, -0.1) is 0 Å². The number of esters is 1. The molecule has 138 valence electrons. The number of rotatable bonds is 3. The molecule has 0 unspecified atom stereocenters. The Morgan fingerprint density at radius 1 is 1.00 bits per heavy atom. The molecule has 0 radical (unpaired) electrons. The van der Waals surface area contributed by atoms with Gasteiger partial charge in [0.1, 0.15) is 11.6 Å². The van der Waals surface area contributed by atoms with Gasteiger partial charge in [-0.1, -0.05) is 23.7 Å². The van der Waals surface area contributed by atoms with E-state index in [4.69, 9.17) is 16.3 Å². The maximum atomic E-state index is 13.2. The summed E-state index contributed by atoms with van der Waals surface area (Å²) < 4.78 is 18.5. The van der Waals surface area contributed by atoms with Crippen molar-refractivity contribution in [3.8, 4) is 28.1 Å². The Kier molecular flexibility index (Phi) is 5.29. The summed E-state index contributed by atoms with van der Waals surface area (Å²) in [5.74, 6) is -0.116. The van der Waals surface area contributed by atoms with Crippen LogP contribution in [0.5, 0.6) is 5.75 Å². The van der Waals surface area contributed by atoms with Crippen LogP contribution in [0.4, 0.5) is 4.39 Å². The van der Waals surface area contributed by atoms with Gasteiger partial charge in [0.2, 0.25) is 0 Å². The Balaban J connectivity index is 1.87. The fourth-order valence-corrected chi connectivity index (χ4v) is 2.61. The Morgan fingerprint density at radius 2 is 1.59 bits per heavy atom. The van der Waals surface area contributed by atoms with Crippen LogP contribution in [0.2, 0.25) is 5.02 Å². The minimum absolute atomic E-state index is 0.293. The number of benzene rings is 2. The molecule has 1 aromatic heterocycles. The van der Waals surface area contributed by atoms with Crippen molar-refractivity contribution >= 4 is 17.6 Å². The van der Waals surface area contributed by atoms with Gasteiger partial charge in [-0.05, 0) is 68.8 Å². The predicted molar refractivity (Wildman–Crippen MR) is 105 cm³/mol. The van der Waals surface area contributed by atoms with Crippen molar-refractivity contribution in [3.63, 3.8) is 0 Å². The molecular formula is C22H19ClFNO2. The summed E-state index contributed by atoms with van der Waals surface area (Å²) in [5.41, 5.74) is 2.57. The molecule has 0 aliphatic rings. The van der Waals surface area contributed by atoms with E-state index in [1.807, 2.05) is 18.2 Å². The monoisotopic (exact) mass is 383 g/mol. The molecule has 3 nitrogen and oxygen atoms in total. The zero-order valence-electron chi connectivity index (χ0n) is 15.3. The molecule has 3 rings (SSSR count). The SMILES string of the molecule is CC(C)(C)C(=O)Oc1ccc(-c2cc(-c3ccc(F)cc3)c(Cl)cn2)cc1. The molecular weight excluding hydrogens is 365 g/mol. The maximum Gasteiger partial charge on any atom is 0.316 e. The molecule has 0 aliphatic heterocycles. The van der Waals surface area contributed by atoms with E-state index in [2.05, 4.69) is 4.98 Å². The molecule has 0 fully saturated rings. The first-order valence-corrected chi connectivity index (χ1v) is 8.86. The lowest BCUT2D eigenvalue weighted by molar-refractivity contribution is -0.142. The molecule has 0 spiro atoms. The lowest BCUT2D eigenvalue weighted by atomic mass is 9.97. The number of aromatic nitrogens is 1. The minimum Gasteiger partial charge on any atom is -0.426 e. The normalized spacial score (nSPS) is 11.3. The van der Waals surface area contributed by atoms with E-state index in [0.717, 1.165) is 16.7 Å². The number of ether oxygens (including phenoxy) is 1. The number of pyridine rings is 1. The summed E-state index contributed by atoms with van der Waals surface area (Å²) in [6, 6.07) is 15.1. The zero-order valence-corrected chi connectivity index (χ0v) is 16.0. The van der Waals surface area contributed by atoms with Crippen molar-refractivity contribution in [2.45, 2.75) is 20.8 Å². The molecule has 27 heavy (non-hydrogen) atoms. The molecule has 0 amide bonds. The highest BCUT2D eigenvalue weighted by Crippen LogP contribution is 2.32. The van der Waals surface area contributed by atoms with Gasteiger partial charge < -0.3 is 4.74 Å². The summed E-state index contributed by atoms with van der Waals surface area (Å²) in [4.78, 5) is 16.3. The number of hydrogen-bond acceptors (Lipinski definition) is 3. The summed E-state index contributed by atoms with van der Waals surface area (Å²) in [6.07, 6.45) is 1.57. The third-order valence-corrected chi connectivity index (χ3v) is 4.28. The standard InChI is InChI=1S/C22H19ClFNO2/c1-22(2,3)21(26)27-17-10-6-15(7-11-17)20-12-18(19(23)13-25-20)14-4-8-16(24)9-5-14/h4-13H,1-3H3. The predicted octanol–water partition coefficient (Wildman–Crippen LogP) is 6.16.